The summed E-state index contributed by atoms with van der Waals surface area (Å²) in [5, 5.41) is 8.31. The van der Waals surface area contributed by atoms with E-state index in [1.54, 1.807) is 18.2 Å². The molecule has 1 aliphatic carbocycles. The first-order valence-electron chi connectivity index (χ1n) is 5.86. The molecule has 4 nitrogen and oxygen atoms in total. The molecule has 98 valence electrons. The van der Waals surface area contributed by atoms with Crippen LogP contribution >= 0.6 is 11.6 Å². The van der Waals surface area contributed by atoms with Crippen molar-refractivity contribution in [3.05, 3.63) is 52.9 Å². The van der Waals surface area contributed by atoms with Crippen LogP contribution in [0.4, 0.5) is 5.69 Å². The van der Waals surface area contributed by atoms with E-state index >= 15 is 0 Å². The van der Waals surface area contributed by atoms with Gasteiger partial charge in [0.15, 0.2) is 0 Å². The van der Waals surface area contributed by atoms with Gasteiger partial charge in [0.25, 0.3) is 0 Å². The maximum absolute atomic E-state index is 7.76. The quantitative estimate of drug-likeness (QED) is 0.832. The van der Waals surface area contributed by atoms with Gasteiger partial charge in [-0.1, -0.05) is 23.7 Å². The summed E-state index contributed by atoms with van der Waals surface area (Å²) in [5.74, 6) is 0.461. The monoisotopic (exact) mass is 275 g/mol. The topological polar surface area (TPSA) is 71.5 Å². The van der Waals surface area contributed by atoms with Crippen molar-refractivity contribution in [1.29, 1.82) is 5.41 Å². The zero-order valence-corrected chi connectivity index (χ0v) is 11.2. The minimum atomic E-state index is 0.248. The Balaban J connectivity index is 2.40. The number of allylic oxidation sites excluding steroid dienone is 2. The van der Waals surface area contributed by atoms with Crippen molar-refractivity contribution in [3.63, 3.8) is 0 Å². The Bertz CT molecular complexity index is 602. The van der Waals surface area contributed by atoms with Gasteiger partial charge in [0.1, 0.15) is 5.76 Å². The highest BCUT2D eigenvalue weighted by Gasteiger charge is 2.15. The molecule has 5 heteroatoms. The van der Waals surface area contributed by atoms with Crippen LogP contribution in [-0.2, 0) is 4.74 Å². The largest absolute Gasteiger partial charge is 0.492 e. The lowest BCUT2D eigenvalue weighted by atomic mass is 10.1. The highest BCUT2D eigenvalue weighted by Crippen LogP contribution is 2.25. The highest BCUT2D eigenvalue weighted by atomic mass is 35.5. The zero-order chi connectivity index (χ0) is 13.8. The summed E-state index contributed by atoms with van der Waals surface area (Å²) < 4.78 is 5.36. The van der Waals surface area contributed by atoms with Crippen molar-refractivity contribution in [3.8, 4) is 0 Å². The van der Waals surface area contributed by atoms with E-state index in [9.17, 15) is 0 Å². The average Bonchev–Trinajstić information content (AvgIpc) is 2.38. The van der Waals surface area contributed by atoms with Gasteiger partial charge < -0.3 is 10.5 Å². The molecule has 0 saturated heterocycles. The van der Waals surface area contributed by atoms with Gasteiger partial charge in [0.05, 0.1) is 34.4 Å². The van der Waals surface area contributed by atoms with Crippen LogP contribution in [0.3, 0.4) is 0 Å². The van der Waals surface area contributed by atoms with Gasteiger partial charge in [0.2, 0.25) is 0 Å². The predicted octanol–water partition coefficient (Wildman–Crippen LogP) is 3.21. The Morgan fingerprint density at radius 1 is 1.32 bits per heavy atom. The Morgan fingerprint density at radius 2 is 2.05 bits per heavy atom. The van der Waals surface area contributed by atoms with Gasteiger partial charge in [-0.2, -0.15) is 0 Å². The van der Waals surface area contributed by atoms with Gasteiger partial charge in [-0.05, 0) is 25.1 Å². The van der Waals surface area contributed by atoms with E-state index in [-0.39, 0.29) is 5.71 Å². The zero-order valence-electron chi connectivity index (χ0n) is 10.5. The van der Waals surface area contributed by atoms with Crippen molar-refractivity contribution in [2.24, 2.45) is 10.7 Å². The van der Waals surface area contributed by atoms with Crippen LogP contribution in [0.15, 0.2) is 52.9 Å². The van der Waals surface area contributed by atoms with E-state index in [0.29, 0.717) is 34.5 Å². The first-order chi connectivity index (χ1) is 9.11. The second-order valence-electron chi connectivity index (χ2n) is 3.90. The van der Waals surface area contributed by atoms with E-state index in [1.165, 1.54) is 6.08 Å². The van der Waals surface area contributed by atoms with Crippen LogP contribution in [0.5, 0.6) is 0 Å². The summed E-state index contributed by atoms with van der Waals surface area (Å²) in [4.78, 5) is 4.40. The molecule has 0 heterocycles. The van der Waals surface area contributed by atoms with Crippen LogP contribution in [-0.4, -0.2) is 18.0 Å². The normalized spacial score (nSPS) is 17.2. The first-order valence-corrected chi connectivity index (χ1v) is 6.23. The number of rotatable bonds is 3. The molecule has 0 atom stereocenters. The Labute approximate surface area is 116 Å². The van der Waals surface area contributed by atoms with Crippen molar-refractivity contribution in [1.82, 2.24) is 0 Å². The molecule has 3 N–H and O–H groups in total. The third kappa shape index (κ3) is 3.03. The molecule has 0 spiro atoms. The molecule has 0 fully saturated rings. The van der Waals surface area contributed by atoms with Crippen molar-refractivity contribution < 1.29 is 4.74 Å². The SMILES string of the molecule is CCOC1=C/C(=N/c2ccccc2Cl)C(N)=CC1=N. The van der Waals surface area contributed by atoms with Gasteiger partial charge in [-0.3, -0.25) is 5.41 Å². The van der Waals surface area contributed by atoms with Gasteiger partial charge in [-0.25, -0.2) is 4.99 Å². The summed E-state index contributed by atoms with van der Waals surface area (Å²) >= 11 is 6.06. The summed E-state index contributed by atoms with van der Waals surface area (Å²) in [6.45, 7) is 2.35. The average molecular weight is 276 g/mol. The minimum Gasteiger partial charge on any atom is -0.492 e. The fourth-order valence-corrected chi connectivity index (χ4v) is 1.81. The molecule has 0 radical (unpaired) electrons. The summed E-state index contributed by atoms with van der Waals surface area (Å²) in [6, 6.07) is 7.25. The van der Waals surface area contributed by atoms with Crippen LogP contribution in [0, 0.1) is 5.41 Å². The number of hydrogen-bond donors (Lipinski definition) is 2. The molecule has 0 bridgehead atoms. The maximum Gasteiger partial charge on any atom is 0.146 e. The maximum atomic E-state index is 7.76. The van der Waals surface area contributed by atoms with Gasteiger partial charge in [-0.15, -0.1) is 0 Å². The van der Waals surface area contributed by atoms with Crippen molar-refractivity contribution in [2.45, 2.75) is 6.92 Å². The first kappa shape index (κ1) is 13.4. The third-order valence-corrected chi connectivity index (χ3v) is 2.84. The number of nitrogens with zero attached hydrogens (tertiary/aromatic N) is 1. The summed E-state index contributed by atoms with van der Waals surface area (Å²) in [6.07, 6.45) is 3.19. The number of halogens is 1. The fourth-order valence-electron chi connectivity index (χ4n) is 1.63. The van der Waals surface area contributed by atoms with Gasteiger partial charge >= 0.3 is 0 Å². The molecule has 0 aliphatic heterocycles. The molecule has 0 amide bonds. The molecule has 0 aromatic heterocycles. The third-order valence-electron chi connectivity index (χ3n) is 2.52. The number of benzene rings is 1. The van der Waals surface area contributed by atoms with E-state index in [4.69, 9.17) is 27.5 Å². The van der Waals surface area contributed by atoms with E-state index in [2.05, 4.69) is 4.99 Å². The molecule has 0 saturated carbocycles. The number of hydrogen-bond acceptors (Lipinski definition) is 4. The molecule has 2 rings (SSSR count). The Morgan fingerprint density at radius 3 is 2.74 bits per heavy atom. The van der Waals surface area contributed by atoms with E-state index in [0.717, 1.165) is 0 Å². The van der Waals surface area contributed by atoms with Crippen LogP contribution in [0.1, 0.15) is 6.92 Å². The number of para-hydroxylation sites is 1. The smallest absolute Gasteiger partial charge is 0.146 e. The van der Waals surface area contributed by atoms with Crippen molar-refractivity contribution >= 4 is 28.7 Å². The number of ether oxygens (including phenoxy) is 1. The Hall–Kier alpha value is -2.07. The van der Waals surface area contributed by atoms with E-state index < -0.39 is 0 Å². The van der Waals surface area contributed by atoms with Crippen LogP contribution in [0.2, 0.25) is 5.02 Å². The van der Waals surface area contributed by atoms with Crippen LogP contribution in [0.25, 0.3) is 0 Å². The second-order valence-corrected chi connectivity index (χ2v) is 4.31. The number of aliphatic imine (C=N–C) groups is 1. The number of nitrogens with one attached hydrogen (secondary N) is 1. The molecular weight excluding hydrogens is 262 g/mol. The summed E-state index contributed by atoms with van der Waals surface area (Å²) in [5.41, 5.74) is 7.73. The summed E-state index contributed by atoms with van der Waals surface area (Å²) in [7, 11) is 0. The number of nitrogens with two attached hydrogens (primary N) is 1. The Kier molecular flexibility index (Phi) is 4.02. The lowest BCUT2D eigenvalue weighted by molar-refractivity contribution is 0.250. The molecule has 0 unspecified atom stereocenters. The highest BCUT2D eigenvalue weighted by molar-refractivity contribution is 6.33. The van der Waals surface area contributed by atoms with Crippen LogP contribution < -0.4 is 5.73 Å². The van der Waals surface area contributed by atoms with Gasteiger partial charge in [0, 0.05) is 6.08 Å². The van der Waals surface area contributed by atoms with E-state index in [1.807, 2.05) is 19.1 Å². The molecule has 1 aromatic rings. The molecule has 19 heavy (non-hydrogen) atoms. The lowest BCUT2D eigenvalue weighted by Gasteiger charge is -2.14. The molecular formula is C14H14ClN3O. The predicted molar refractivity (Wildman–Crippen MR) is 78.3 cm³/mol. The molecule has 1 aromatic carbocycles. The minimum absolute atomic E-state index is 0.248. The lowest BCUT2D eigenvalue weighted by Crippen LogP contribution is -2.19. The van der Waals surface area contributed by atoms with Crippen molar-refractivity contribution in [2.75, 3.05) is 6.61 Å². The molecule has 1 aliphatic rings. The standard InChI is InChI=1S/C14H14ClN3O/c1-2-19-14-8-13(10(16)7-11(14)17)18-12-6-4-3-5-9(12)15/h3-8,17H,2,16H2,1H3/b17-11?,18-13-. The fraction of sp³-hybridized carbons (Fsp3) is 0.143. The second kappa shape index (κ2) is 5.71.